The second-order valence-electron chi connectivity index (χ2n) is 2.99. The lowest BCUT2D eigenvalue weighted by molar-refractivity contribution is -0.497. The largest absolute Gasteiger partial charge is 0.264 e. The Morgan fingerprint density at radius 1 is 1.40 bits per heavy atom. The minimum atomic E-state index is -0.422. The van der Waals surface area contributed by atoms with Crippen LogP contribution in [-0.2, 0) is 6.54 Å². The van der Waals surface area contributed by atoms with Crippen molar-refractivity contribution in [1.82, 2.24) is 9.97 Å². The first kappa shape index (κ1) is 9.97. The quantitative estimate of drug-likeness (QED) is 0.618. The summed E-state index contributed by atoms with van der Waals surface area (Å²) in [6.07, 6.45) is 1.43. The molecule has 0 aliphatic heterocycles. The Hall–Kier alpha value is -1.56. The van der Waals surface area contributed by atoms with Crippen LogP contribution in [0.25, 0.3) is 11.0 Å². The first-order valence-electron chi connectivity index (χ1n) is 4.18. The van der Waals surface area contributed by atoms with Crippen molar-refractivity contribution in [2.75, 3.05) is 0 Å². The van der Waals surface area contributed by atoms with Gasteiger partial charge in [-0.25, -0.2) is 4.98 Å². The number of benzene rings is 1. The molecule has 6 heteroatoms. The number of fused-ring (bicyclic) bond motifs is 1. The first-order valence-corrected chi connectivity index (χ1v) is 4.97. The van der Waals surface area contributed by atoms with E-state index in [1.807, 2.05) is 12.1 Å². The third kappa shape index (κ3) is 2.27. The van der Waals surface area contributed by atoms with Crippen molar-refractivity contribution in [3.8, 4) is 0 Å². The standard InChI is InChI=1S/C9H6BrN3O2/c10-6-1-2-8-9(3-6)11-4-7(12-8)5-13(14)15/h1-4H,5H2. The van der Waals surface area contributed by atoms with Crippen LogP contribution in [0.1, 0.15) is 5.69 Å². The van der Waals surface area contributed by atoms with Gasteiger partial charge in [0.1, 0.15) is 5.69 Å². The molecule has 1 heterocycles. The van der Waals surface area contributed by atoms with E-state index in [2.05, 4.69) is 25.9 Å². The Bertz CT molecular complexity index is 530. The number of halogens is 1. The predicted molar refractivity (Wildman–Crippen MR) is 57.9 cm³/mol. The van der Waals surface area contributed by atoms with Gasteiger partial charge in [-0.1, -0.05) is 15.9 Å². The van der Waals surface area contributed by atoms with E-state index in [0.717, 1.165) is 9.99 Å². The highest BCUT2D eigenvalue weighted by Gasteiger charge is 2.05. The molecule has 0 bridgehead atoms. The number of nitro groups is 1. The van der Waals surface area contributed by atoms with Crippen molar-refractivity contribution in [3.63, 3.8) is 0 Å². The highest BCUT2D eigenvalue weighted by molar-refractivity contribution is 9.10. The van der Waals surface area contributed by atoms with Crippen LogP contribution < -0.4 is 0 Å². The van der Waals surface area contributed by atoms with Gasteiger partial charge in [0.2, 0.25) is 6.54 Å². The van der Waals surface area contributed by atoms with E-state index in [4.69, 9.17) is 0 Å². The molecule has 0 atom stereocenters. The monoisotopic (exact) mass is 267 g/mol. The molecule has 0 saturated heterocycles. The van der Waals surface area contributed by atoms with Crippen LogP contribution in [0.5, 0.6) is 0 Å². The van der Waals surface area contributed by atoms with Crippen molar-refractivity contribution in [2.24, 2.45) is 0 Å². The van der Waals surface area contributed by atoms with Gasteiger partial charge in [0.15, 0.2) is 0 Å². The Morgan fingerprint density at radius 2 is 2.20 bits per heavy atom. The maximum absolute atomic E-state index is 10.3. The molecule has 1 aromatic heterocycles. The molecule has 5 nitrogen and oxygen atoms in total. The Labute approximate surface area is 93.4 Å². The molecule has 0 fully saturated rings. The summed E-state index contributed by atoms with van der Waals surface area (Å²) in [7, 11) is 0. The zero-order chi connectivity index (χ0) is 10.8. The van der Waals surface area contributed by atoms with Crippen LogP contribution in [0.15, 0.2) is 28.9 Å². The predicted octanol–water partition coefficient (Wildman–Crippen LogP) is 2.17. The normalized spacial score (nSPS) is 10.5. The van der Waals surface area contributed by atoms with Gasteiger partial charge in [0.05, 0.1) is 17.2 Å². The summed E-state index contributed by atoms with van der Waals surface area (Å²) in [6, 6.07) is 5.42. The Kier molecular flexibility index (Phi) is 2.59. The lowest BCUT2D eigenvalue weighted by Gasteiger charge is -1.98. The summed E-state index contributed by atoms with van der Waals surface area (Å²) < 4.78 is 0.909. The molecule has 0 amide bonds. The SMILES string of the molecule is O=[N+]([O-])Cc1cnc2cc(Br)ccc2n1. The number of nitrogens with zero attached hydrogens (tertiary/aromatic N) is 3. The van der Waals surface area contributed by atoms with E-state index in [1.54, 1.807) is 6.07 Å². The number of hydrogen-bond donors (Lipinski definition) is 0. The molecule has 0 aliphatic carbocycles. The maximum atomic E-state index is 10.3. The molecule has 0 unspecified atom stereocenters. The van der Waals surface area contributed by atoms with Gasteiger partial charge in [-0.3, -0.25) is 15.1 Å². The second kappa shape index (κ2) is 3.90. The average Bonchev–Trinajstić information content (AvgIpc) is 2.17. The first-order chi connectivity index (χ1) is 7.15. The molecule has 0 spiro atoms. The number of rotatable bonds is 2. The molecule has 2 aromatic rings. The summed E-state index contributed by atoms with van der Waals surface area (Å²) >= 11 is 3.32. The van der Waals surface area contributed by atoms with Crippen molar-refractivity contribution >= 4 is 27.0 Å². The molecule has 0 N–H and O–H groups in total. The summed E-state index contributed by atoms with van der Waals surface area (Å²) in [6.45, 7) is -0.293. The van der Waals surface area contributed by atoms with E-state index < -0.39 is 4.92 Å². The third-order valence-electron chi connectivity index (χ3n) is 1.85. The van der Waals surface area contributed by atoms with Crippen LogP contribution in [0.2, 0.25) is 0 Å². The fourth-order valence-corrected chi connectivity index (χ4v) is 1.58. The van der Waals surface area contributed by atoms with Crippen LogP contribution >= 0.6 is 15.9 Å². The van der Waals surface area contributed by atoms with Crippen molar-refractivity contribution in [1.29, 1.82) is 0 Å². The van der Waals surface area contributed by atoms with Gasteiger partial charge >= 0.3 is 0 Å². The smallest absolute Gasteiger partial charge is 0.247 e. The zero-order valence-corrected chi connectivity index (χ0v) is 9.14. The van der Waals surface area contributed by atoms with Gasteiger partial charge in [-0.15, -0.1) is 0 Å². The van der Waals surface area contributed by atoms with Gasteiger partial charge in [-0.05, 0) is 18.2 Å². The summed E-state index contributed by atoms with van der Waals surface area (Å²) in [5.74, 6) is 0. The lowest BCUT2D eigenvalue weighted by Crippen LogP contribution is -2.01. The van der Waals surface area contributed by atoms with Gasteiger partial charge in [0, 0.05) is 9.40 Å². The van der Waals surface area contributed by atoms with Gasteiger partial charge in [-0.2, -0.15) is 0 Å². The van der Waals surface area contributed by atoms with Gasteiger partial charge < -0.3 is 0 Å². The van der Waals surface area contributed by atoms with Crippen LogP contribution in [0, 0.1) is 10.1 Å². The molecule has 0 saturated carbocycles. The van der Waals surface area contributed by atoms with Crippen molar-refractivity contribution < 1.29 is 4.92 Å². The van der Waals surface area contributed by atoms with Gasteiger partial charge in [0.25, 0.3) is 0 Å². The summed E-state index contributed by atoms with van der Waals surface area (Å²) in [5, 5.41) is 10.3. The van der Waals surface area contributed by atoms with E-state index >= 15 is 0 Å². The highest BCUT2D eigenvalue weighted by atomic mass is 79.9. The van der Waals surface area contributed by atoms with Crippen LogP contribution in [0.4, 0.5) is 0 Å². The minimum absolute atomic E-state index is 0.293. The molecule has 76 valence electrons. The Balaban J connectivity index is 2.47. The van der Waals surface area contributed by atoms with E-state index in [-0.39, 0.29) is 6.54 Å². The maximum Gasteiger partial charge on any atom is 0.247 e. The highest BCUT2D eigenvalue weighted by Crippen LogP contribution is 2.16. The lowest BCUT2D eigenvalue weighted by atomic mass is 10.3. The van der Waals surface area contributed by atoms with E-state index in [9.17, 15) is 10.1 Å². The molecule has 15 heavy (non-hydrogen) atoms. The fourth-order valence-electron chi connectivity index (χ4n) is 1.23. The molecule has 0 aliphatic rings. The molecule has 1 aromatic carbocycles. The molecule has 0 radical (unpaired) electrons. The van der Waals surface area contributed by atoms with E-state index in [0.29, 0.717) is 11.2 Å². The Morgan fingerprint density at radius 3 is 2.93 bits per heavy atom. The summed E-state index contributed by atoms with van der Waals surface area (Å²) in [5.41, 5.74) is 1.75. The fraction of sp³-hybridized carbons (Fsp3) is 0.111. The van der Waals surface area contributed by atoms with Crippen LogP contribution in [0.3, 0.4) is 0 Å². The third-order valence-corrected chi connectivity index (χ3v) is 2.34. The molecular formula is C9H6BrN3O2. The molecular weight excluding hydrogens is 262 g/mol. The van der Waals surface area contributed by atoms with Crippen molar-refractivity contribution in [3.05, 3.63) is 44.7 Å². The van der Waals surface area contributed by atoms with Crippen molar-refractivity contribution in [2.45, 2.75) is 6.54 Å². The summed E-state index contributed by atoms with van der Waals surface area (Å²) in [4.78, 5) is 18.1. The average molecular weight is 268 g/mol. The number of hydrogen-bond acceptors (Lipinski definition) is 4. The number of aromatic nitrogens is 2. The van der Waals surface area contributed by atoms with E-state index in [1.165, 1.54) is 6.20 Å². The van der Waals surface area contributed by atoms with Crippen LogP contribution in [-0.4, -0.2) is 14.9 Å². The minimum Gasteiger partial charge on any atom is -0.264 e. The topological polar surface area (TPSA) is 68.9 Å². The molecule has 2 rings (SSSR count). The second-order valence-corrected chi connectivity index (χ2v) is 3.90. The zero-order valence-electron chi connectivity index (χ0n) is 7.55.